The van der Waals surface area contributed by atoms with Crippen LogP contribution in [0.4, 0.5) is 0 Å². The zero-order chi connectivity index (χ0) is 20.3. The maximum absolute atomic E-state index is 4.52. The molecule has 28 heavy (non-hydrogen) atoms. The fourth-order valence-corrected chi connectivity index (χ4v) is 3.73. The lowest BCUT2D eigenvalue weighted by Crippen LogP contribution is -2.10. The first-order valence-electron chi connectivity index (χ1n) is 9.71. The molecule has 0 N–H and O–H groups in total. The second-order valence-electron chi connectivity index (χ2n) is 8.31. The minimum Gasteiger partial charge on any atom is -0.270 e. The van der Waals surface area contributed by atoms with Crippen molar-refractivity contribution in [2.24, 2.45) is 0 Å². The molecule has 3 rings (SSSR count). The Morgan fingerprint density at radius 2 is 1.64 bits per heavy atom. The fraction of sp³-hybridized carbons (Fsp3) is 0.333. The third-order valence-corrected chi connectivity index (χ3v) is 5.72. The molecule has 3 nitrogen and oxygen atoms in total. The Morgan fingerprint density at radius 3 is 2.18 bits per heavy atom. The van der Waals surface area contributed by atoms with Crippen molar-refractivity contribution in [3.63, 3.8) is 0 Å². The van der Waals surface area contributed by atoms with Crippen LogP contribution in [-0.2, 0) is 5.41 Å². The summed E-state index contributed by atoms with van der Waals surface area (Å²) in [4.78, 5) is 0. The second-order valence-corrected chi connectivity index (χ2v) is 9.30. The summed E-state index contributed by atoms with van der Waals surface area (Å²) in [7, 11) is 0. The third-order valence-electron chi connectivity index (χ3n) is 4.79. The van der Waals surface area contributed by atoms with Crippen molar-refractivity contribution in [1.29, 1.82) is 0 Å². The third kappa shape index (κ3) is 4.39. The molecule has 0 bridgehead atoms. The van der Waals surface area contributed by atoms with Crippen LogP contribution < -0.4 is 0 Å². The van der Waals surface area contributed by atoms with Gasteiger partial charge in [-0.25, -0.2) is 0 Å². The molecule has 0 amide bonds. The van der Waals surface area contributed by atoms with Gasteiger partial charge in [0.2, 0.25) is 0 Å². The Bertz CT molecular complexity index is 929. The van der Waals surface area contributed by atoms with Crippen LogP contribution in [0.3, 0.4) is 0 Å². The SMILES string of the molecule is C=CCSc1nnc(-c2ccc(C(C)(C)C)cc2)n1-c1ccc(C(C)C)cc1. The molecular weight excluding hydrogens is 362 g/mol. The van der Waals surface area contributed by atoms with Crippen LogP contribution in [0.15, 0.2) is 66.3 Å². The highest BCUT2D eigenvalue weighted by molar-refractivity contribution is 7.99. The largest absolute Gasteiger partial charge is 0.270 e. The molecule has 0 atom stereocenters. The average molecular weight is 392 g/mol. The van der Waals surface area contributed by atoms with E-state index in [9.17, 15) is 0 Å². The van der Waals surface area contributed by atoms with Crippen molar-refractivity contribution in [2.45, 2.75) is 51.1 Å². The van der Waals surface area contributed by atoms with E-state index in [-0.39, 0.29) is 5.41 Å². The molecule has 4 heteroatoms. The second kappa shape index (κ2) is 8.36. The molecule has 0 saturated heterocycles. The number of hydrogen-bond donors (Lipinski definition) is 0. The average Bonchev–Trinajstić information content (AvgIpc) is 3.09. The van der Waals surface area contributed by atoms with Crippen LogP contribution in [0.5, 0.6) is 0 Å². The van der Waals surface area contributed by atoms with Gasteiger partial charge in [0.25, 0.3) is 0 Å². The minimum absolute atomic E-state index is 0.129. The van der Waals surface area contributed by atoms with E-state index in [2.05, 4.69) is 104 Å². The lowest BCUT2D eigenvalue weighted by molar-refractivity contribution is 0.590. The van der Waals surface area contributed by atoms with Gasteiger partial charge >= 0.3 is 0 Å². The summed E-state index contributed by atoms with van der Waals surface area (Å²) >= 11 is 1.65. The molecule has 1 aromatic heterocycles. The topological polar surface area (TPSA) is 30.7 Å². The van der Waals surface area contributed by atoms with E-state index in [1.54, 1.807) is 11.8 Å². The molecule has 0 radical (unpaired) electrons. The summed E-state index contributed by atoms with van der Waals surface area (Å²) in [5.74, 6) is 2.17. The summed E-state index contributed by atoms with van der Waals surface area (Å²) in [5.41, 5.74) is 4.91. The normalized spacial score (nSPS) is 11.8. The van der Waals surface area contributed by atoms with Gasteiger partial charge in [0.1, 0.15) is 0 Å². The molecule has 0 aliphatic rings. The molecule has 0 aliphatic heterocycles. The minimum atomic E-state index is 0.129. The highest BCUT2D eigenvalue weighted by Crippen LogP contribution is 2.30. The first-order chi connectivity index (χ1) is 13.3. The van der Waals surface area contributed by atoms with Gasteiger partial charge < -0.3 is 0 Å². The Morgan fingerprint density at radius 1 is 1.00 bits per heavy atom. The Kier molecular flexibility index (Phi) is 6.09. The number of thioether (sulfide) groups is 1. The summed E-state index contributed by atoms with van der Waals surface area (Å²) in [6.07, 6.45) is 1.89. The monoisotopic (exact) mass is 391 g/mol. The van der Waals surface area contributed by atoms with Crippen molar-refractivity contribution >= 4 is 11.8 Å². The van der Waals surface area contributed by atoms with E-state index in [4.69, 9.17) is 0 Å². The smallest absolute Gasteiger partial charge is 0.196 e. The van der Waals surface area contributed by atoms with Crippen LogP contribution in [0.2, 0.25) is 0 Å². The van der Waals surface area contributed by atoms with Crippen molar-refractivity contribution < 1.29 is 0 Å². The molecule has 146 valence electrons. The van der Waals surface area contributed by atoms with E-state index in [0.717, 1.165) is 28.0 Å². The van der Waals surface area contributed by atoms with E-state index < -0.39 is 0 Å². The van der Waals surface area contributed by atoms with Crippen LogP contribution in [0, 0.1) is 0 Å². The van der Waals surface area contributed by atoms with Gasteiger partial charge in [-0.1, -0.05) is 88.9 Å². The van der Waals surface area contributed by atoms with Crippen LogP contribution >= 0.6 is 11.8 Å². The lowest BCUT2D eigenvalue weighted by Gasteiger charge is -2.19. The predicted molar refractivity (Wildman–Crippen MR) is 121 cm³/mol. The molecule has 1 heterocycles. The standard InChI is InChI=1S/C24H29N3S/c1-7-16-28-23-26-25-22(19-8-12-20(13-9-19)24(4,5)6)27(23)21-14-10-18(11-15-21)17(2)3/h7-15,17H,1,16H2,2-6H3. The fourth-order valence-electron chi connectivity index (χ4n) is 3.04. The van der Waals surface area contributed by atoms with Crippen molar-refractivity contribution in [3.05, 3.63) is 72.3 Å². The van der Waals surface area contributed by atoms with E-state index in [0.29, 0.717) is 5.92 Å². The highest BCUT2D eigenvalue weighted by Gasteiger charge is 2.18. The van der Waals surface area contributed by atoms with E-state index >= 15 is 0 Å². The Balaban J connectivity index is 2.06. The molecule has 0 unspecified atom stereocenters. The number of benzene rings is 2. The molecule has 3 aromatic rings. The van der Waals surface area contributed by atoms with E-state index in [1.165, 1.54) is 11.1 Å². The predicted octanol–water partition coefficient (Wildman–Crippen LogP) is 6.63. The number of nitrogens with zero attached hydrogens (tertiary/aromatic N) is 3. The molecule has 0 fully saturated rings. The molecular formula is C24H29N3S. The Labute approximate surface area is 172 Å². The van der Waals surface area contributed by atoms with Crippen LogP contribution in [0.25, 0.3) is 17.1 Å². The Hall–Kier alpha value is -2.33. The molecule has 0 saturated carbocycles. The first-order valence-corrected chi connectivity index (χ1v) is 10.7. The summed E-state index contributed by atoms with van der Waals surface area (Å²) < 4.78 is 2.14. The van der Waals surface area contributed by atoms with Gasteiger partial charge in [-0.2, -0.15) is 0 Å². The number of aromatic nitrogens is 3. The number of rotatable bonds is 6. The van der Waals surface area contributed by atoms with Crippen molar-refractivity contribution in [1.82, 2.24) is 14.8 Å². The van der Waals surface area contributed by atoms with E-state index in [1.807, 2.05) is 6.08 Å². The van der Waals surface area contributed by atoms with Gasteiger partial charge in [-0.3, -0.25) is 4.57 Å². The summed E-state index contributed by atoms with van der Waals surface area (Å²) in [6, 6.07) is 17.4. The van der Waals surface area contributed by atoms with Gasteiger partial charge in [-0.15, -0.1) is 16.8 Å². The number of hydrogen-bond acceptors (Lipinski definition) is 3. The maximum atomic E-state index is 4.52. The maximum Gasteiger partial charge on any atom is 0.196 e. The van der Waals surface area contributed by atoms with Crippen LogP contribution in [0.1, 0.15) is 51.7 Å². The molecule has 0 spiro atoms. The summed E-state index contributed by atoms with van der Waals surface area (Å²) in [5, 5.41) is 9.87. The zero-order valence-corrected chi connectivity index (χ0v) is 18.3. The zero-order valence-electron chi connectivity index (χ0n) is 17.4. The van der Waals surface area contributed by atoms with Crippen molar-refractivity contribution in [3.8, 4) is 17.1 Å². The van der Waals surface area contributed by atoms with Crippen LogP contribution in [-0.4, -0.2) is 20.5 Å². The first kappa shape index (κ1) is 20.4. The van der Waals surface area contributed by atoms with Gasteiger partial charge in [0.05, 0.1) is 0 Å². The molecule has 2 aromatic carbocycles. The quantitative estimate of drug-likeness (QED) is 0.349. The molecule has 0 aliphatic carbocycles. The lowest BCUT2D eigenvalue weighted by atomic mass is 9.87. The summed E-state index contributed by atoms with van der Waals surface area (Å²) in [6.45, 7) is 14.9. The van der Waals surface area contributed by atoms with Gasteiger partial charge in [0, 0.05) is 17.0 Å². The highest BCUT2D eigenvalue weighted by atomic mass is 32.2. The van der Waals surface area contributed by atoms with Gasteiger partial charge in [-0.05, 0) is 34.6 Å². The van der Waals surface area contributed by atoms with Gasteiger partial charge in [0.15, 0.2) is 11.0 Å². The van der Waals surface area contributed by atoms with Crippen molar-refractivity contribution in [2.75, 3.05) is 5.75 Å².